The smallest absolute Gasteiger partial charge is 0.259 e. The highest BCUT2D eigenvalue weighted by molar-refractivity contribution is 7.89. The molecule has 6 nitrogen and oxygen atoms in total. The Labute approximate surface area is 114 Å². The molecule has 1 aromatic heterocycles. The van der Waals surface area contributed by atoms with Crippen molar-refractivity contribution in [1.29, 1.82) is 0 Å². The van der Waals surface area contributed by atoms with Crippen LogP contribution in [0.2, 0.25) is 0 Å². The van der Waals surface area contributed by atoms with Crippen molar-refractivity contribution in [3.05, 3.63) is 12.0 Å². The van der Waals surface area contributed by atoms with Crippen molar-refractivity contribution >= 4 is 10.0 Å². The van der Waals surface area contributed by atoms with E-state index in [1.54, 1.807) is 17.7 Å². The third kappa shape index (κ3) is 4.93. The number of nitrogens with one attached hydrogen (secondary N) is 1. The van der Waals surface area contributed by atoms with Gasteiger partial charge in [-0.05, 0) is 26.7 Å². The van der Waals surface area contributed by atoms with Gasteiger partial charge in [0.05, 0.1) is 0 Å². The van der Waals surface area contributed by atoms with E-state index in [-0.39, 0.29) is 11.6 Å². The Morgan fingerprint density at radius 1 is 1.32 bits per heavy atom. The van der Waals surface area contributed by atoms with Crippen LogP contribution < -0.4 is 4.72 Å². The molecule has 1 rings (SSSR count). The summed E-state index contributed by atoms with van der Waals surface area (Å²) in [6, 6.07) is 0. The Morgan fingerprint density at radius 2 is 2.00 bits per heavy atom. The predicted octanol–water partition coefficient (Wildman–Crippen LogP) is 1.04. The zero-order chi connectivity index (χ0) is 14.3. The quantitative estimate of drug-likeness (QED) is 0.665. The highest BCUT2D eigenvalue weighted by atomic mass is 32.2. The normalized spacial score (nSPS) is 11.9. The molecular weight excluding hydrogens is 266 g/mol. The summed E-state index contributed by atoms with van der Waals surface area (Å²) in [5.41, 5.74) is 0. The van der Waals surface area contributed by atoms with Crippen molar-refractivity contribution in [3.8, 4) is 0 Å². The highest BCUT2D eigenvalue weighted by Crippen LogP contribution is 2.09. The molecule has 0 saturated carbocycles. The van der Waals surface area contributed by atoms with E-state index in [4.69, 9.17) is 5.11 Å². The van der Waals surface area contributed by atoms with Gasteiger partial charge in [-0.1, -0.05) is 12.8 Å². The molecule has 0 aliphatic heterocycles. The first kappa shape index (κ1) is 16.1. The van der Waals surface area contributed by atoms with Gasteiger partial charge in [-0.15, -0.1) is 0 Å². The summed E-state index contributed by atoms with van der Waals surface area (Å²) >= 11 is 0. The lowest BCUT2D eigenvalue weighted by molar-refractivity contribution is 0.282. The number of sulfonamides is 1. The van der Waals surface area contributed by atoms with Crippen molar-refractivity contribution in [3.63, 3.8) is 0 Å². The minimum Gasteiger partial charge on any atom is -0.396 e. The average molecular weight is 289 g/mol. The Kier molecular flexibility index (Phi) is 6.47. The van der Waals surface area contributed by atoms with Crippen LogP contribution in [0, 0.1) is 6.92 Å². The van der Waals surface area contributed by atoms with Crippen LogP contribution in [0.25, 0.3) is 0 Å². The summed E-state index contributed by atoms with van der Waals surface area (Å²) in [7, 11) is -3.50. The Balaban J connectivity index is 2.47. The molecule has 0 spiro atoms. The van der Waals surface area contributed by atoms with Crippen LogP contribution in [-0.4, -0.2) is 36.2 Å². The second-order valence-electron chi connectivity index (χ2n) is 4.45. The lowest BCUT2D eigenvalue weighted by atomic mass is 10.2. The SMILES string of the molecule is CCn1cc(S(=O)(=O)NCCCCCCO)nc1C. The summed E-state index contributed by atoms with van der Waals surface area (Å²) in [5.74, 6) is 0.700. The van der Waals surface area contributed by atoms with E-state index in [1.165, 1.54) is 0 Å². The average Bonchev–Trinajstić information content (AvgIpc) is 2.76. The van der Waals surface area contributed by atoms with Gasteiger partial charge in [-0.2, -0.15) is 0 Å². The summed E-state index contributed by atoms with van der Waals surface area (Å²) < 4.78 is 28.3. The Hall–Kier alpha value is -0.920. The molecule has 0 aromatic carbocycles. The van der Waals surface area contributed by atoms with Crippen molar-refractivity contribution in [2.75, 3.05) is 13.2 Å². The summed E-state index contributed by atoms with van der Waals surface area (Å²) in [6.07, 6.45) is 4.93. The second-order valence-corrected chi connectivity index (χ2v) is 6.16. The van der Waals surface area contributed by atoms with Gasteiger partial charge in [0.25, 0.3) is 10.0 Å². The van der Waals surface area contributed by atoms with E-state index in [0.29, 0.717) is 18.9 Å². The predicted molar refractivity (Wildman–Crippen MR) is 73.4 cm³/mol. The van der Waals surface area contributed by atoms with Crippen LogP contribution in [0.15, 0.2) is 11.2 Å². The molecule has 0 aliphatic rings. The van der Waals surface area contributed by atoms with Crippen LogP contribution in [-0.2, 0) is 16.6 Å². The first-order valence-corrected chi connectivity index (χ1v) is 8.14. The molecule has 0 saturated heterocycles. The molecule has 0 aliphatic carbocycles. The lowest BCUT2D eigenvalue weighted by Gasteiger charge is -2.03. The molecule has 19 heavy (non-hydrogen) atoms. The summed E-state index contributed by atoms with van der Waals surface area (Å²) in [4.78, 5) is 4.06. The van der Waals surface area contributed by atoms with E-state index in [9.17, 15) is 8.42 Å². The van der Waals surface area contributed by atoms with Gasteiger partial charge in [-0.25, -0.2) is 18.1 Å². The fourth-order valence-corrected chi connectivity index (χ4v) is 2.88. The van der Waals surface area contributed by atoms with E-state index < -0.39 is 10.0 Å². The zero-order valence-electron chi connectivity index (χ0n) is 11.6. The number of aryl methyl sites for hydroxylation is 2. The van der Waals surface area contributed by atoms with Crippen LogP contribution in [0.1, 0.15) is 38.4 Å². The van der Waals surface area contributed by atoms with Crippen LogP contribution in [0.3, 0.4) is 0 Å². The van der Waals surface area contributed by atoms with Gasteiger partial charge < -0.3 is 9.67 Å². The zero-order valence-corrected chi connectivity index (χ0v) is 12.4. The number of aliphatic hydroxyl groups excluding tert-OH is 1. The molecule has 0 bridgehead atoms. The number of imidazole rings is 1. The number of hydrogen-bond acceptors (Lipinski definition) is 4. The first-order valence-electron chi connectivity index (χ1n) is 6.65. The molecule has 1 aromatic rings. The number of aromatic nitrogens is 2. The van der Waals surface area contributed by atoms with Crippen molar-refractivity contribution in [2.45, 2.75) is 51.1 Å². The van der Waals surface area contributed by atoms with E-state index >= 15 is 0 Å². The first-order chi connectivity index (χ1) is 9.01. The van der Waals surface area contributed by atoms with Crippen LogP contribution in [0.4, 0.5) is 0 Å². The van der Waals surface area contributed by atoms with Crippen LogP contribution in [0.5, 0.6) is 0 Å². The van der Waals surface area contributed by atoms with Gasteiger partial charge in [0.15, 0.2) is 5.03 Å². The Morgan fingerprint density at radius 3 is 2.58 bits per heavy atom. The highest BCUT2D eigenvalue weighted by Gasteiger charge is 2.17. The molecule has 1 heterocycles. The Bertz CT molecular complexity index is 482. The fourth-order valence-electron chi connectivity index (χ4n) is 1.80. The van der Waals surface area contributed by atoms with E-state index in [2.05, 4.69) is 9.71 Å². The molecule has 0 radical (unpaired) electrons. The summed E-state index contributed by atoms with van der Waals surface area (Å²) in [5, 5.41) is 8.72. The number of aliphatic hydroxyl groups is 1. The molecule has 7 heteroatoms. The largest absolute Gasteiger partial charge is 0.396 e. The maximum Gasteiger partial charge on any atom is 0.259 e. The van der Waals surface area contributed by atoms with Gasteiger partial charge in [0.2, 0.25) is 0 Å². The van der Waals surface area contributed by atoms with Crippen molar-refractivity contribution in [1.82, 2.24) is 14.3 Å². The molecule has 0 amide bonds. The molecule has 2 N–H and O–H groups in total. The number of nitrogens with zero attached hydrogens (tertiary/aromatic N) is 2. The van der Waals surface area contributed by atoms with Crippen LogP contribution >= 0.6 is 0 Å². The van der Waals surface area contributed by atoms with Crippen molar-refractivity contribution < 1.29 is 13.5 Å². The topological polar surface area (TPSA) is 84.2 Å². The maximum absolute atomic E-state index is 12.0. The molecule has 0 fully saturated rings. The number of rotatable bonds is 9. The number of unbranched alkanes of at least 4 members (excludes halogenated alkanes) is 3. The minimum absolute atomic E-state index is 0.0854. The second kappa shape index (κ2) is 7.62. The molecule has 110 valence electrons. The number of hydrogen-bond donors (Lipinski definition) is 2. The lowest BCUT2D eigenvalue weighted by Crippen LogP contribution is -2.25. The minimum atomic E-state index is -3.50. The summed E-state index contributed by atoms with van der Waals surface area (Å²) in [6.45, 7) is 5.04. The van der Waals surface area contributed by atoms with Crippen molar-refractivity contribution in [2.24, 2.45) is 0 Å². The maximum atomic E-state index is 12.0. The molecule has 0 atom stereocenters. The monoisotopic (exact) mass is 289 g/mol. The van der Waals surface area contributed by atoms with Gasteiger partial charge >= 0.3 is 0 Å². The molecular formula is C12H23N3O3S. The molecule has 0 unspecified atom stereocenters. The van der Waals surface area contributed by atoms with Gasteiger partial charge in [-0.3, -0.25) is 0 Å². The van der Waals surface area contributed by atoms with Gasteiger partial charge in [0.1, 0.15) is 5.82 Å². The third-order valence-electron chi connectivity index (χ3n) is 2.95. The fraction of sp³-hybridized carbons (Fsp3) is 0.750. The van der Waals surface area contributed by atoms with E-state index in [1.807, 2.05) is 6.92 Å². The van der Waals surface area contributed by atoms with E-state index in [0.717, 1.165) is 25.7 Å². The van der Waals surface area contributed by atoms with Gasteiger partial charge in [0, 0.05) is 25.9 Å². The third-order valence-corrected chi connectivity index (χ3v) is 4.28. The standard InChI is InChI=1S/C12H23N3O3S/c1-3-15-10-12(14-11(15)2)19(17,18)13-8-6-4-5-7-9-16/h10,13,16H,3-9H2,1-2H3.